The number of alkyl halides is 3. The number of ether oxygens (including phenoxy) is 2. The van der Waals surface area contributed by atoms with Gasteiger partial charge in [0.2, 0.25) is 0 Å². The highest BCUT2D eigenvalue weighted by atomic mass is 19.4. The molecule has 0 aliphatic heterocycles. The van der Waals surface area contributed by atoms with Crippen molar-refractivity contribution >= 4 is 0 Å². The van der Waals surface area contributed by atoms with Gasteiger partial charge < -0.3 is 14.6 Å². The van der Waals surface area contributed by atoms with Crippen molar-refractivity contribution in [3.8, 4) is 5.75 Å². The van der Waals surface area contributed by atoms with E-state index < -0.39 is 25.7 Å². The fourth-order valence-corrected chi connectivity index (χ4v) is 1.36. The molecule has 1 N–H and O–H groups in total. The van der Waals surface area contributed by atoms with Crippen molar-refractivity contribution in [2.45, 2.75) is 26.1 Å². The number of rotatable bonds is 5. The Hall–Kier alpha value is -1.27. The van der Waals surface area contributed by atoms with Crippen molar-refractivity contribution in [1.29, 1.82) is 0 Å². The number of hydrogen-bond donors (Lipinski definition) is 1. The average molecular weight is 264 g/mol. The Labute approximate surface area is 103 Å². The molecular weight excluding hydrogens is 249 g/mol. The van der Waals surface area contributed by atoms with Crippen molar-refractivity contribution < 1.29 is 27.8 Å². The number of benzene rings is 1. The molecule has 0 aliphatic rings. The topological polar surface area (TPSA) is 38.7 Å². The number of aliphatic hydroxyl groups excluding tert-OH is 1. The van der Waals surface area contributed by atoms with Crippen LogP contribution in [0.25, 0.3) is 0 Å². The Bertz CT molecular complexity index is 389. The third-order valence-electron chi connectivity index (χ3n) is 2.24. The second-order valence-electron chi connectivity index (χ2n) is 3.93. The van der Waals surface area contributed by atoms with E-state index in [0.717, 1.165) is 11.1 Å². The Morgan fingerprint density at radius 2 is 2.00 bits per heavy atom. The molecule has 1 unspecified atom stereocenters. The van der Waals surface area contributed by atoms with E-state index in [0.29, 0.717) is 5.75 Å². The number of hydrogen-bond acceptors (Lipinski definition) is 3. The Morgan fingerprint density at radius 3 is 2.50 bits per heavy atom. The van der Waals surface area contributed by atoms with Crippen LogP contribution in [0.1, 0.15) is 24.2 Å². The lowest BCUT2D eigenvalue weighted by molar-refractivity contribution is -0.186. The van der Waals surface area contributed by atoms with Crippen LogP contribution < -0.4 is 4.74 Å². The van der Waals surface area contributed by atoms with Crippen LogP contribution in [0.2, 0.25) is 0 Å². The van der Waals surface area contributed by atoms with Crippen LogP contribution in [0, 0.1) is 6.92 Å². The van der Waals surface area contributed by atoms with Gasteiger partial charge in [-0.25, -0.2) is 0 Å². The summed E-state index contributed by atoms with van der Waals surface area (Å²) < 4.78 is 44.8. The maximum Gasteiger partial charge on any atom is 0.411 e. The van der Waals surface area contributed by atoms with E-state index in [4.69, 9.17) is 4.74 Å². The number of aryl methyl sites for hydroxylation is 1. The van der Waals surface area contributed by atoms with Gasteiger partial charge in [-0.05, 0) is 37.1 Å². The molecule has 1 atom stereocenters. The summed E-state index contributed by atoms with van der Waals surface area (Å²) in [6.07, 6.45) is -4.95. The zero-order valence-electron chi connectivity index (χ0n) is 10.1. The van der Waals surface area contributed by atoms with E-state index in [2.05, 4.69) is 4.74 Å². The first-order valence-corrected chi connectivity index (χ1v) is 5.35. The van der Waals surface area contributed by atoms with Crippen molar-refractivity contribution in [2.75, 3.05) is 13.4 Å². The second kappa shape index (κ2) is 6.06. The first-order valence-electron chi connectivity index (χ1n) is 5.35. The van der Waals surface area contributed by atoms with Crippen LogP contribution in [0.15, 0.2) is 18.2 Å². The summed E-state index contributed by atoms with van der Waals surface area (Å²) in [5, 5.41) is 9.35. The smallest absolute Gasteiger partial charge is 0.411 e. The maximum absolute atomic E-state index is 11.8. The summed E-state index contributed by atoms with van der Waals surface area (Å²) >= 11 is 0. The van der Waals surface area contributed by atoms with Gasteiger partial charge in [0.05, 0.1) is 6.10 Å². The van der Waals surface area contributed by atoms with Gasteiger partial charge in [0.15, 0.2) is 6.79 Å². The van der Waals surface area contributed by atoms with E-state index in [9.17, 15) is 18.3 Å². The zero-order chi connectivity index (χ0) is 13.8. The van der Waals surface area contributed by atoms with Gasteiger partial charge >= 0.3 is 6.18 Å². The summed E-state index contributed by atoms with van der Waals surface area (Å²) in [5.74, 6) is 0.432. The minimum Gasteiger partial charge on any atom is -0.467 e. The molecule has 18 heavy (non-hydrogen) atoms. The molecule has 0 fully saturated rings. The summed E-state index contributed by atoms with van der Waals surface area (Å²) in [4.78, 5) is 0. The molecule has 0 aliphatic carbocycles. The van der Waals surface area contributed by atoms with Crippen molar-refractivity contribution in [3.63, 3.8) is 0 Å². The molecule has 1 rings (SSSR count). The van der Waals surface area contributed by atoms with E-state index in [1.165, 1.54) is 0 Å². The second-order valence-corrected chi connectivity index (χ2v) is 3.93. The monoisotopic (exact) mass is 264 g/mol. The zero-order valence-corrected chi connectivity index (χ0v) is 10.1. The lowest BCUT2D eigenvalue weighted by Crippen LogP contribution is -2.19. The molecule has 0 saturated heterocycles. The van der Waals surface area contributed by atoms with E-state index in [-0.39, 0.29) is 0 Å². The molecule has 0 saturated carbocycles. The molecule has 6 heteroatoms. The molecule has 1 aromatic rings. The quantitative estimate of drug-likeness (QED) is 0.656. The Morgan fingerprint density at radius 1 is 1.33 bits per heavy atom. The van der Waals surface area contributed by atoms with E-state index in [1.807, 2.05) is 0 Å². The predicted octanol–water partition coefficient (Wildman–Crippen LogP) is 2.96. The molecule has 1 aromatic carbocycles. The van der Waals surface area contributed by atoms with Gasteiger partial charge in [-0.2, -0.15) is 13.2 Å². The highest BCUT2D eigenvalue weighted by Crippen LogP contribution is 2.23. The standard InChI is InChI=1S/C12H15F3O3/c1-8-5-10(9(2)16)3-4-11(8)18-7-17-6-12(13,14)15/h3-5,9,16H,6-7H2,1-2H3. The minimum absolute atomic E-state index is 0.432. The lowest BCUT2D eigenvalue weighted by atomic mass is 10.1. The van der Waals surface area contributed by atoms with Crippen LogP contribution in [-0.2, 0) is 4.74 Å². The summed E-state index contributed by atoms with van der Waals surface area (Å²) in [7, 11) is 0. The normalized spacial score (nSPS) is 13.4. The highest BCUT2D eigenvalue weighted by Gasteiger charge is 2.27. The van der Waals surface area contributed by atoms with Crippen LogP contribution in [0.4, 0.5) is 13.2 Å². The van der Waals surface area contributed by atoms with Gasteiger partial charge in [0, 0.05) is 0 Å². The number of aliphatic hydroxyl groups is 1. The molecule has 0 radical (unpaired) electrons. The lowest BCUT2D eigenvalue weighted by Gasteiger charge is -2.12. The first kappa shape index (κ1) is 14.8. The SMILES string of the molecule is Cc1cc(C(C)O)ccc1OCOCC(F)(F)F. The Balaban J connectivity index is 2.48. The first-order chi connectivity index (χ1) is 8.29. The summed E-state index contributed by atoms with van der Waals surface area (Å²) in [5.41, 5.74) is 1.44. The minimum atomic E-state index is -4.35. The van der Waals surface area contributed by atoms with Crippen LogP contribution >= 0.6 is 0 Å². The van der Waals surface area contributed by atoms with E-state index >= 15 is 0 Å². The highest BCUT2D eigenvalue weighted by molar-refractivity contribution is 5.36. The molecule has 3 nitrogen and oxygen atoms in total. The van der Waals surface area contributed by atoms with Crippen LogP contribution in [0.5, 0.6) is 5.75 Å². The molecule has 0 bridgehead atoms. The van der Waals surface area contributed by atoms with Gasteiger partial charge in [-0.15, -0.1) is 0 Å². The van der Waals surface area contributed by atoms with E-state index in [1.54, 1.807) is 32.0 Å². The van der Waals surface area contributed by atoms with Crippen LogP contribution in [0.3, 0.4) is 0 Å². The third kappa shape index (κ3) is 4.93. The molecule has 0 aromatic heterocycles. The summed E-state index contributed by atoms with van der Waals surface area (Å²) in [6, 6.07) is 4.95. The fraction of sp³-hybridized carbons (Fsp3) is 0.500. The number of halogens is 3. The molecule has 102 valence electrons. The third-order valence-corrected chi connectivity index (χ3v) is 2.24. The van der Waals surface area contributed by atoms with Crippen molar-refractivity contribution in [3.05, 3.63) is 29.3 Å². The largest absolute Gasteiger partial charge is 0.467 e. The van der Waals surface area contributed by atoms with Gasteiger partial charge in [0.25, 0.3) is 0 Å². The van der Waals surface area contributed by atoms with Crippen molar-refractivity contribution in [1.82, 2.24) is 0 Å². The predicted molar refractivity (Wildman–Crippen MR) is 59.3 cm³/mol. The molecular formula is C12H15F3O3. The molecule has 0 heterocycles. The van der Waals surface area contributed by atoms with Gasteiger partial charge in [-0.3, -0.25) is 0 Å². The van der Waals surface area contributed by atoms with Crippen LogP contribution in [-0.4, -0.2) is 24.7 Å². The van der Waals surface area contributed by atoms with Gasteiger partial charge in [0.1, 0.15) is 12.4 Å². The molecule has 0 amide bonds. The van der Waals surface area contributed by atoms with Crippen molar-refractivity contribution in [2.24, 2.45) is 0 Å². The average Bonchev–Trinajstić information content (AvgIpc) is 2.24. The maximum atomic E-state index is 11.8. The molecule has 0 spiro atoms. The summed E-state index contributed by atoms with van der Waals surface area (Å²) in [6.45, 7) is 1.57. The van der Waals surface area contributed by atoms with Gasteiger partial charge in [-0.1, -0.05) is 6.07 Å². The Kier molecular flexibility index (Phi) is 4.98. The fourth-order valence-electron chi connectivity index (χ4n) is 1.36.